The van der Waals surface area contributed by atoms with E-state index in [1.54, 1.807) is 6.08 Å². The van der Waals surface area contributed by atoms with Crippen LogP contribution in [0, 0.1) is 0 Å². The predicted molar refractivity (Wildman–Crippen MR) is 121 cm³/mol. The molecule has 0 saturated carbocycles. The van der Waals surface area contributed by atoms with E-state index in [0.29, 0.717) is 10.5 Å². The fourth-order valence-corrected chi connectivity index (χ4v) is 3.76. The third-order valence-electron chi connectivity index (χ3n) is 4.44. The molecule has 0 unspecified atom stereocenters. The Morgan fingerprint density at radius 3 is 2.58 bits per heavy atom. The number of ether oxygens (including phenoxy) is 2. The molecule has 3 amide bonds. The number of hydrogen-bond donors (Lipinski definition) is 1. The number of amides is 3. The molecule has 1 heterocycles. The van der Waals surface area contributed by atoms with E-state index >= 15 is 0 Å². The van der Waals surface area contributed by atoms with Crippen LogP contribution >= 0.6 is 11.8 Å². The zero-order valence-electron chi connectivity index (χ0n) is 17.5. The lowest BCUT2D eigenvalue weighted by molar-refractivity contribution is -0.123. The van der Waals surface area contributed by atoms with E-state index in [1.807, 2.05) is 30.3 Å². The van der Waals surface area contributed by atoms with E-state index in [1.165, 1.54) is 37.5 Å². The first-order valence-corrected chi connectivity index (χ1v) is 10.6. The molecule has 0 bridgehead atoms. The van der Waals surface area contributed by atoms with E-state index in [2.05, 4.69) is 10.1 Å². The van der Waals surface area contributed by atoms with Crippen LogP contribution in [0.1, 0.15) is 11.1 Å². The summed E-state index contributed by atoms with van der Waals surface area (Å²) in [7, 11) is 1.31. The Balaban J connectivity index is 1.52. The van der Waals surface area contributed by atoms with Crippen LogP contribution in [0.3, 0.4) is 0 Å². The fraction of sp³-hybridized carbons (Fsp3) is 0.174. The van der Waals surface area contributed by atoms with Crippen LogP contribution in [-0.4, -0.2) is 48.8 Å². The monoisotopic (exact) mass is 474 g/mol. The summed E-state index contributed by atoms with van der Waals surface area (Å²) >= 11 is 0.854. The van der Waals surface area contributed by atoms with Gasteiger partial charge in [0.05, 0.1) is 12.0 Å². The lowest BCUT2D eigenvalue weighted by Gasteiger charge is -2.12. The van der Waals surface area contributed by atoms with Crippen LogP contribution in [0.15, 0.2) is 59.5 Å². The minimum atomic E-state index is -2.98. The average Bonchev–Trinajstić information content (AvgIpc) is 3.06. The highest BCUT2D eigenvalue weighted by Gasteiger charge is 2.34. The van der Waals surface area contributed by atoms with Crippen LogP contribution in [0.4, 0.5) is 13.6 Å². The Morgan fingerprint density at radius 2 is 1.88 bits per heavy atom. The van der Waals surface area contributed by atoms with Crippen LogP contribution in [0.25, 0.3) is 12.2 Å². The van der Waals surface area contributed by atoms with Crippen molar-refractivity contribution in [3.63, 3.8) is 0 Å². The first-order valence-electron chi connectivity index (χ1n) is 9.76. The normalized spacial score (nSPS) is 15.0. The maximum absolute atomic E-state index is 12.5. The van der Waals surface area contributed by atoms with E-state index < -0.39 is 23.7 Å². The molecule has 1 aliphatic rings. The van der Waals surface area contributed by atoms with Crippen LogP contribution in [-0.2, 0) is 9.59 Å². The lowest BCUT2D eigenvalue weighted by atomic mass is 10.2. The number of imide groups is 1. The average molecular weight is 474 g/mol. The number of carbonyl (C=O) groups excluding carboxylic acids is 3. The Kier molecular flexibility index (Phi) is 8.20. The third kappa shape index (κ3) is 6.66. The first kappa shape index (κ1) is 24.0. The molecule has 0 radical (unpaired) electrons. The number of rotatable bonds is 9. The van der Waals surface area contributed by atoms with E-state index in [-0.39, 0.29) is 24.6 Å². The molecule has 10 heteroatoms. The molecule has 7 nitrogen and oxygen atoms in total. The number of halogens is 2. The van der Waals surface area contributed by atoms with Crippen LogP contribution in [0.5, 0.6) is 11.5 Å². The zero-order chi connectivity index (χ0) is 23.8. The van der Waals surface area contributed by atoms with Gasteiger partial charge in [-0.3, -0.25) is 19.3 Å². The number of alkyl halides is 2. The molecule has 0 aliphatic carbocycles. The molecule has 33 heavy (non-hydrogen) atoms. The molecule has 3 rings (SSSR count). The largest absolute Gasteiger partial charge is 0.493 e. The standard InChI is InChI=1S/C23H20F2N2O5S/c1-31-18-13-16(7-9-17(18)32-22(24)25)8-10-20(28)26-11-12-27-21(29)19(33-23(27)30)14-15-5-3-2-4-6-15/h2-10,13-14,22H,11-12H2,1H3,(H,26,28)/b10-8+,19-14-. The van der Waals surface area contributed by atoms with Gasteiger partial charge in [-0.25, -0.2) is 0 Å². The number of hydrogen-bond acceptors (Lipinski definition) is 6. The van der Waals surface area contributed by atoms with E-state index in [0.717, 1.165) is 22.2 Å². The van der Waals surface area contributed by atoms with Crippen molar-refractivity contribution in [1.29, 1.82) is 0 Å². The van der Waals surface area contributed by atoms with E-state index in [4.69, 9.17) is 4.74 Å². The molecular weight excluding hydrogens is 454 g/mol. The van der Waals surface area contributed by atoms with Gasteiger partial charge in [0, 0.05) is 19.2 Å². The van der Waals surface area contributed by atoms with Crippen molar-refractivity contribution in [3.8, 4) is 11.5 Å². The SMILES string of the molecule is COc1cc(/C=C/C(=O)NCCN2C(=O)S/C(=C\c3ccccc3)C2=O)ccc1OC(F)F. The van der Waals surface area contributed by atoms with Gasteiger partial charge < -0.3 is 14.8 Å². The van der Waals surface area contributed by atoms with Gasteiger partial charge in [-0.2, -0.15) is 8.78 Å². The van der Waals surface area contributed by atoms with Crippen molar-refractivity contribution >= 4 is 41.0 Å². The number of benzene rings is 2. The van der Waals surface area contributed by atoms with Crippen molar-refractivity contribution < 1.29 is 32.6 Å². The molecule has 2 aromatic carbocycles. The topological polar surface area (TPSA) is 84.9 Å². The summed E-state index contributed by atoms with van der Waals surface area (Å²) in [6, 6.07) is 13.4. The number of nitrogens with one attached hydrogen (secondary N) is 1. The highest BCUT2D eigenvalue weighted by Crippen LogP contribution is 2.32. The molecule has 0 aromatic heterocycles. The number of thioether (sulfide) groups is 1. The van der Waals surface area contributed by atoms with Crippen molar-refractivity contribution in [1.82, 2.24) is 10.2 Å². The Hall–Kier alpha value is -3.66. The van der Waals surface area contributed by atoms with Crippen molar-refractivity contribution in [2.24, 2.45) is 0 Å². The summed E-state index contributed by atoms with van der Waals surface area (Å²) in [5, 5.41) is 2.20. The summed E-state index contributed by atoms with van der Waals surface area (Å²) < 4.78 is 34.2. The molecule has 1 fully saturated rings. The van der Waals surface area contributed by atoms with Gasteiger partial charge in [-0.1, -0.05) is 36.4 Å². The molecule has 1 aliphatic heterocycles. The van der Waals surface area contributed by atoms with Gasteiger partial charge in [0.1, 0.15) is 0 Å². The molecule has 0 spiro atoms. The summed E-state index contributed by atoms with van der Waals surface area (Å²) in [5.41, 5.74) is 1.34. The van der Waals surface area contributed by atoms with Crippen LogP contribution < -0.4 is 14.8 Å². The first-order chi connectivity index (χ1) is 15.9. The molecule has 172 valence electrons. The van der Waals surface area contributed by atoms with Gasteiger partial charge >= 0.3 is 6.61 Å². The minimum absolute atomic E-state index is 0.0316. The third-order valence-corrected chi connectivity index (χ3v) is 5.34. The molecule has 2 aromatic rings. The van der Waals surface area contributed by atoms with E-state index in [9.17, 15) is 23.2 Å². The summed E-state index contributed by atoms with van der Waals surface area (Å²) in [6.45, 7) is -2.88. The van der Waals surface area contributed by atoms with Crippen molar-refractivity contribution in [2.45, 2.75) is 6.61 Å². The second-order valence-corrected chi connectivity index (χ2v) is 7.65. The Bertz CT molecular complexity index is 1090. The van der Waals surface area contributed by atoms with Crippen LogP contribution in [0.2, 0.25) is 0 Å². The second kappa shape index (κ2) is 11.3. The minimum Gasteiger partial charge on any atom is -0.493 e. The predicted octanol–water partition coefficient (Wildman–Crippen LogP) is 4.16. The van der Waals surface area contributed by atoms with Gasteiger partial charge in [-0.05, 0) is 47.2 Å². The molecule has 1 saturated heterocycles. The highest BCUT2D eigenvalue weighted by atomic mass is 32.2. The lowest BCUT2D eigenvalue weighted by Crippen LogP contribution is -2.36. The van der Waals surface area contributed by atoms with Gasteiger partial charge in [0.15, 0.2) is 11.5 Å². The fourth-order valence-electron chi connectivity index (χ4n) is 2.90. The summed E-state index contributed by atoms with van der Waals surface area (Å²) in [5.74, 6) is -0.876. The maximum Gasteiger partial charge on any atom is 0.387 e. The summed E-state index contributed by atoms with van der Waals surface area (Å²) in [6.07, 6.45) is 4.36. The Morgan fingerprint density at radius 1 is 1.12 bits per heavy atom. The molecule has 1 N–H and O–H groups in total. The van der Waals surface area contributed by atoms with Crippen molar-refractivity contribution in [3.05, 3.63) is 70.6 Å². The highest BCUT2D eigenvalue weighted by molar-refractivity contribution is 8.18. The zero-order valence-corrected chi connectivity index (χ0v) is 18.3. The molecule has 0 atom stereocenters. The van der Waals surface area contributed by atoms with Gasteiger partial charge in [0.25, 0.3) is 11.1 Å². The number of methoxy groups -OCH3 is 1. The second-order valence-electron chi connectivity index (χ2n) is 6.66. The van der Waals surface area contributed by atoms with Crippen molar-refractivity contribution in [2.75, 3.05) is 20.2 Å². The van der Waals surface area contributed by atoms with Gasteiger partial charge in [-0.15, -0.1) is 0 Å². The smallest absolute Gasteiger partial charge is 0.387 e. The van der Waals surface area contributed by atoms with Gasteiger partial charge in [0.2, 0.25) is 5.91 Å². The maximum atomic E-state index is 12.5. The number of carbonyl (C=O) groups is 3. The molecular formula is C23H20F2N2O5S. The Labute approximate surface area is 193 Å². The quantitative estimate of drug-likeness (QED) is 0.550. The summed E-state index contributed by atoms with van der Waals surface area (Å²) in [4.78, 5) is 38.1. The number of nitrogens with zero attached hydrogens (tertiary/aromatic N) is 1.